The van der Waals surface area contributed by atoms with Crippen LogP contribution >= 0.6 is 11.3 Å². The molecule has 1 saturated heterocycles. The fourth-order valence-corrected chi connectivity index (χ4v) is 5.47. The number of hydrogen-bond donors (Lipinski definition) is 2. The zero-order valence-electron chi connectivity index (χ0n) is 17.2. The molecule has 0 aromatic carbocycles. The molecule has 5 heterocycles. The van der Waals surface area contributed by atoms with E-state index in [9.17, 15) is 5.11 Å². The number of fused-ring (bicyclic) bond motifs is 5. The lowest BCUT2D eigenvalue weighted by molar-refractivity contribution is -0.0395. The van der Waals surface area contributed by atoms with Crippen LogP contribution in [-0.2, 0) is 17.8 Å². The largest absolute Gasteiger partial charge is 0.392 e. The molecular weight excluding hydrogens is 386 g/mol. The molecule has 0 aliphatic carbocycles. The van der Waals surface area contributed by atoms with Gasteiger partial charge in [0, 0.05) is 37.0 Å². The van der Waals surface area contributed by atoms with Crippen molar-refractivity contribution >= 4 is 43.4 Å². The van der Waals surface area contributed by atoms with E-state index in [1.54, 1.807) is 24.6 Å². The van der Waals surface area contributed by atoms with E-state index in [0.29, 0.717) is 13.2 Å². The maximum atomic E-state index is 9.66. The van der Waals surface area contributed by atoms with Crippen LogP contribution in [0.5, 0.6) is 0 Å². The maximum Gasteiger partial charge on any atom is 0.147 e. The van der Waals surface area contributed by atoms with Gasteiger partial charge < -0.3 is 20.1 Å². The van der Waals surface area contributed by atoms with Gasteiger partial charge in [-0.05, 0) is 39.2 Å². The molecular formula is C21H27N5O2S. The van der Waals surface area contributed by atoms with Crippen LogP contribution in [0.3, 0.4) is 0 Å². The summed E-state index contributed by atoms with van der Waals surface area (Å²) in [6.45, 7) is 9.21. The number of ether oxygens (including phenoxy) is 1. The van der Waals surface area contributed by atoms with Gasteiger partial charge in [0.2, 0.25) is 0 Å². The molecule has 3 aromatic rings. The molecule has 29 heavy (non-hydrogen) atoms. The Hall–Kier alpha value is -2.03. The van der Waals surface area contributed by atoms with Gasteiger partial charge in [-0.2, -0.15) is 0 Å². The van der Waals surface area contributed by atoms with Gasteiger partial charge in [-0.25, -0.2) is 15.0 Å². The highest BCUT2D eigenvalue weighted by molar-refractivity contribution is 7.26. The van der Waals surface area contributed by atoms with E-state index in [4.69, 9.17) is 9.72 Å². The van der Waals surface area contributed by atoms with Crippen LogP contribution in [0.1, 0.15) is 44.7 Å². The van der Waals surface area contributed by atoms with E-state index in [-0.39, 0.29) is 5.60 Å². The van der Waals surface area contributed by atoms with Gasteiger partial charge in [-0.15, -0.1) is 11.3 Å². The lowest BCUT2D eigenvalue weighted by Gasteiger charge is -2.34. The lowest BCUT2D eigenvalue weighted by Crippen LogP contribution is -2.33. The normalized spacial score (nSPS) is 19.7. The molecule has 3 aromatic heterocycles. The van der Waals surface area contributed by atoms with Crippen LogP contribution in [0.15, 0.2) is 6.33 Å². The Morgan fingerprint density at radius 1 is 1.28 bits per heavy atom. The summed E-state index contributed by atoms with van der Waals surface area (Å²) in [5, 5.41) is 14.1. The smallest absolute Gasteiger partial charge is 0.147 e. The maximum absolute atomic E-state index is 9.66. The number of nitrogens with one attached hydrogen (secondary N) is 1. The molecule has 2 aliphatic heterocycles. The predicted octanol–water partition coefficient (Wildman–Crippen LogP) is 3.48. The molecule has 1 fully saturated rings. The zero-order chi connectivity index (χ0) is 20.2. The number of rotatable bonds is 4. The van der Waals surface area contributed by atoms with E-state index in [1.165, 1.54) is 24.0 Å². The molecule has 154 valence electrons. The van der Waals surface area contributed by atoms with Gasteiger partial charge in [0.05, 0.1) is 28.5 Å². The molecule has 7 nitrogen and oxygen atoms in total. The van der Waals surface area contributed by atoms with Crippen LogP contribution in [0.2, 0.25) is 0 Å². The summed E-state index contributed by atoms with van der Waals surface area (Å²) >= 11 is 1.64. The molecule has 0 radical (unpaired) electrons. The second-order valence-corrected chi connectivity index (χ2v) is 9.72. The minimum Gasteiger partial charge on any atom is -0.392 e. The first-order valence-electron chi connectivity index (χ1n) is 10.3. The summed E-state index contributed by atoms with van der Waals surface area (Å²) in [5.74, 6) is 1.85. The summed E-state index contributed by atoms with van der Waals surface area (Å²) in [5.41, 5.74) is 3.27. The molecule has 0 bridgehead atoms. The average Bonchev–Trinajstić information content (AvgIpc) is 3.32. The van der Waals surface area contributed by atoms with Crippen molar-refractivity contribution in [3.8, 4) is 0 Å². The minimum atomic E-state index is -0.444. The van der Waals surface area contributed by atoms with Crippen molar-refractivity contribution in [1.82, 2.24) is 15.0 Å². The van der Waals surface area contributed by atoms with Crippen LogP contribution in [-0.4, -0.2) is 51.4 Å². The molecule has 8 heteroatoms. The monoisotopic (exact) mass is 413 g/mol. The number of aliphatic hydroxyl groups excluding tert-OH is 1. The van der Waals surface area contributed by atoms with Gasteiger partial charge in [0.25, 0.3) is 0 Å². The molecule has 0 unspecified atom stereocenters. The van der Waals surface area contributed by atoms with E-state index in [0.717, 1.165) is 51.6 Å². The summed E-state index contributed by atoms with van der Waals surface area (Å²) < 4.78 is 7.18. The second-order valence-electron chi connectivity index (χ2n) is 8.72. The quantitative estimate of drug-likeness (QED) is 0.677. The molecule has 1 atom stereocenters. The number of pyridine rings is 1. The van der Waals surface area contributed by atoms with E-state index >= 15 is 0 Å². The Balaban J connectivity index is 1.74. The molecule has 5 rings (SSSR count). The van der Waals surface area contributed by atoms with Gasteiger partial charge >= 0.3 is 0 Å². The van der Waals surface area contributed by atoms with Gasteiger partial charge in [0.1, 0.15) is 22.8 Å². The number of nitrogens with zero attached hydrogens (tertiary/aromatic N) is 4. The van der Waals surface area contributed by atoms with Crippen LogP contribution in [0.4, 0.5) is 11.6 Å². The number of anilines is 2. The standard InChI is InChI=1S/C21H27N5O2S/c1-12(27)9-22-18-17-16(23-11-24-18)15-13-8-21(2,3)28-10-14(13)19(25-20(15)29-17)26-6-4-5-7-26/h11-12,27H,4-10H2,1-3H3,(H,22,23,24)/t12-/m0/s1. The summed E-state index contributed by atoms with van der Waals surface area (Å²) in [7, 11) is 0. The molecule has 2 N–H and O–H groups in total. The first kappa shape index (κ1) is 19.0. The second kappa shape index (κ2) is 7.04. The van der Waals surface area contributed by atoms with Crippen LogP contribution < -0.4 is 10.2 Å². The van der Waals surface area contributed by atoms with E-state index in [1.807, 2.05) is 0 Å². The number of hydrogen-bond acceptors (Lipinski definition) is 8. The number of thiophene rings is 1. The topological polar surface area (TPSA) is 83.4 Å². The fourth-order valence-electron chi connectivity index (χ4n) is 4.35. The third-order valence-electron chi connectivity index (χ3n) is 5.78. The van der Waals surface area contributed by atoms with Crippen molar-refractivity contribution in [2.75, 3.05) is 29.9 Å². The Kier molecular flexibility index (Phi) is 4.60. The summed E-state index contributed by atoms with van der Waals surface area (Å²) in [6, 6.07) is 0. The third kappa shape index (κ3) is 3.33. The molecule has 0 saturated carbocycles. The predicted molar refractivity (Wildman–Crippen MR) is 117 cm³/mol. The Labute approximate surface area is 174 Å². The van der Waals surface area contributed by atoms with Crippen molar-refractivity contribution in [2.24, 2.45) is 0 Å². The number of aliphatic hydroxyl groups is 1. The Morgan fingerprint density at radius 2 is 2.07 bits per heavy atom. The van der Waals surface area contributed by atoms with Crippen LogP contribution in [0, 0.1) is 0 Å². The van der Waals surface area contributed by atoms with Crippen molar-refractivity contribution in [1.29, 1.82) is 0 Å². The summed E-state index contributed by atoms with van der Waals surface area (Å²) in [6.07, 6.45) is 4.43. The molecule has 0 spiro atoms. The van der Waals surface area contributed by atoms with Crippen molar-refractivity contribution in [2.45, 2.75) is 58.3 Å². The van der Waals surface area contributed by atoms with Gasteiger partial charge in [0.15, 0.2) is 0 Å². The van der Waals surface area contributed by atoms with E-state index < -0.39 is 6.10 Å². The SMILES string of the molecule is C[C@H](O)CNc1ncnc2c1sc1nc(N3CCCC3)c3c(c12)CC(C)(C)OC3. The highest BCUT2D eigenvalue weighted by Crippen LogP contribution is 2.44. The molecule has 2 aliphatic rings. The molecule has 0 amide bonds. The Morgan fingerprint density at radius 3 is 2.83 bits per heavy atom. The minimum absolute atomic E-state index is 0.210. The zero-order valence-corrected chi connectivity index (χ0v) is 18.0. The van der Waals surface area contributed by atoms with Gasteiger partial charge in [-0.1, -0.05) is 0 Å². The highest BCUT2D eigenvalue weighted by Gasteiger charge is 2.33. The first-order valence-corrected chi connectivity index (χ1v) is 11.1. The van der Waals surface area contributed by atoms with Gasteiger partial charge in [-0.3, -0.25) is 0 Å². The third-order valence-corrected chi connectivity index (χ3v) is 6.86. The Bertz CT molecular complexity index is 1070. The van der Waals surface area contributed by atoms with Crippen LogP contribution in [0.25, 0.3) is 20.4 Å². The fraction of sp³-hybridized carbons (Fsp3) is 0.571. The summed E-state index contributed by atoms with van der Waals surface area (Å²) in [4.78, 5) is 17.6. The lowest BCUT2D eigenvalue weighted by atomic mass is 9.90. The average molecular weight is 414 g/mol. The van der Waals surface area contributed by atoms with Crippen molar-refractivity contribution in [3.63, 3.8) is 0 Å². The van der Waals surface area contributed by atoms with Crippen molar-refractivity contribution < 1.29 is 9.84 Å². The first-order chi connectivity index (χ1) is 13.9. The highest BCUT2D eigenvalue weighted by atomic mass is 32.1. The number of aromatic nitrogens is 3. The van der Waals surface area contributed by atoms with Crippen molar-refractivity contribution in [3.05, 3.63) is 17.5 Å². The van der Waals surface area contributed by atoms with E-state index in [2.05, 4.69) is 34.0 Å².